The zero-order valence-corrected chi connectivity index (χ0v) is 13.2. The number of anilines is 1. The summed E-state index contributed by atoms with van der Waals surface area (Å²) in [6.45, 7) is 0. The van der Waals surface area contributed by atoms with Gasteiger partial charge in [0.1, 0.15) is 5.75 Å². The lowest BCUT2D eigenvalue weighted by Gasteiger charge is -2.11. The smallest absolute Gasteiger partial charge is 0.268 e. The fraction of sp³-hybridized carbons (Fsp3) is 0.0714. The molecule has 0 spiro atoms. The molecule has 2 heterocycles. The van der Waals surface area contributed by atoms with Gasteiger partial charge in [-0.25, -0.2) is 5.10 Å². The lowest BCUT2D eigenvalue weighted by molar-refractivity contribution is 0.102. The van der Waals surface area contributed by atoms with Crippen LogP contribution in [-0.4, -0.2) is 27.8 Å². The van der Waals surface area contributed by atoms with Crippen LogP contribution in [0.3, 0.4) is 0 Å². The maximum Gasteiger partial charge on any atom is 0.268 e. The van der Waals surface area contributed by atoms with Crippen LogP contribution in [0.2, 0.25) is 0 Å². The molecule has 8 heteroatoms. The third-order valence-corrected chi connectivity index (χ3v) is 4.11. The minimum atomic E-state index is -0.236. The fourth-order valence-electron chi connectivity index (χ4n) is 1.99. The molecule has 0 radical (unpaired) electrons. The molecule has 0 fully saturated rings. The first-order valence-corrected chi connectivity index (χ1v) is 7.65. The monoisotopic (exact) mass is 332 g/mol. The molecule has 0 atom stereocenters. The predicted octanol–water partition coefficient (Wildman–Crippen LogP) is 3.25. The first-order valence-electron chi connectivity index (χ1n) is 6.36. The van der Waals surface area contributed by atoms with Gasteiger partial charge in [0, 0.05) is 0 Å². The van der Waals surface area contributed by atoms with E-state index in [1.165, 1.54) is 11.3 Å². The number of aromatic nitrogens is 3. The Morgan fingerprint density at radius 3 is 2.91 bits per heavy atom. The predicted molar refractivity (Wildman–Crippen MR) is 87.6 cm³/mol. The van der Waals surface area contributed by atoms with E-state index < -0.39 is 0 Å². The number of para-hydroxylation sites is 2. The molecule has 0 bridgehead atoms. The Morgan fingerprint density at radius 2 is 2.18 bits per heavy atom. The van der Waals surface area contributed by atoms with Gasteiger partial charge in [0.2, 0.25) is 10.7 Å². The summed E-state index contributed by atoms with van der Waals surface area (Å²) in [4.78, 5) is 12.8. The van der Waals surface area contributed by atoms with Crippen LogP contribution >= 0.6 is 23.6 Å². The van der Waals surface area contributed by atoms with Crippen molar-refractivity contribution in [1.29, 1.82) is 0 Å². The van der Waals surface area contributed by atoms with Gasteiger partial charge in [-0.2, -0.15) is 0 Å². The molecular formula is C14H12N4O2S2. The van der Waals surface area contributed by atoms with Crippen molar-refractivity contribution in [2.24, 2.45) is 0 Å². The van der Waals surface area contributed by atoms with Crippen molar-refractivity contribution in [1.82, 2.24) is 14.8 Å². The Kier molecular flexibility index (Phi) is 4.03. The minimum Gasteiger partial charge on any atom is -0.495 e. The Balaban J connectivity index is 2.01. The molecule has 22 heavy (non-hydrogen) atoms. The number of carbonyl (C=O) groups is 1. The fourth-order valence-corrected chi connectivity index (χ4v) is 2.84. The van der Waals surface area contributed by atoms with Crippen LogP contribution < -0.4 is 10.1 Å². The Morgan fingerprint density at radius 1 is 1.36 bits per heavy atom. The van der Waals surface area contributed by atoms with Crippen LogP contribution in [0.1, 0.15) is 9.67 Å². The molecule has 3 rings (SSSR count). The zero-order valence-electron chi connectivity index (χ0n) is 11.6. The van der Waals surface area contributed by atoms with Crippen molar-refractivity contribution in [3.05, 3.63) is 51.4 Å². The number of hydrogen-bond acceptors (Lipinski definition) is 5. The second-order valence-electron chi connectivity index (χ2n) is 4.29. The summed E-state index contributed by atoms with van der Waals surface area (Å²) in [6, 6.07) is 10.9. The van der Waals surface area contributed by atoms with Gasteiger partial charge < -0.3 is 4.74 Å². The van der Waals surface area contributed by atoms with Gasteiger partial charge in [-0.15, -0.1) is 16.4 Å². The quantitative estimate of drug-likeness (QED) is 0.719. The van der Waals surface area contributed by atoms with Gasteiger partial charge in [-0.1, -0.05) is 18.2 Å². The lowest BCUT2D eigenvalue weighted by atomic mass is 10.3. The number of nitrogens with one attached hydrogen (secondary N) is 2. The molecular weight excluding hydrogens is 320 g/mol. The third-order valence-electron chi connectivity index (χ3n) is 2.97. The molecule has 0 saturated heterocycles. The van der Waals surface area contributed by atoms with E-state index in [0.29, 0.717) is 27.0 Å². The first-order chi connectivity index (χ1) is 10.7. The number of benzene rings is 1. The first kappa shape index (κ1) is 14.5. The van der Waals surface area contributed by atoms with E-state index in [1.807, 2.05) is 35.7 Å². The van der Waals surface area contributed by atoms with Crippen LogP contribution in [0.4, 0.5) is 5.95 Å². The molecule has 6 nitrogen and oxygen atoms in total. The Bertz CT molecular complexity index is 852. The van der Waals surface area contributed by atoms with Crippen molar-refractivity contribution >= 4 is 35.4 Å². The number of H-pyrrole nitrogens is 1. The summed E-state index contributed by atoms with van der Waals surface area (Å²) in [5, 5.41) is 11.4. The summed E-state index contributed by atoms with van der Waals surface area (Å²) in [7, 11) is 1.58. The summed E-state index contributed by atoms with van der Waals surface area (Å²) in [5.41, 5.74) is 0.699. The van der Waals surface area contributed by atoms with E-state index in [4.69, 9.17) is 17.0 Å². The molecule has 2 N–H and O–H groups in total. The van der Waals surface area contributed by atoms with Gasteiger partial charge in [0.05, 0.1) is 17.7 Å². The number of rotatable bonds is 4. The maximum atomic E-state index is 12.2. The number of nitrogens with zero attached hydrogens (tertiary/aromatic N) is 2. The molecule has 0 aliphatic rings. The van der Waals surface area contributed by atoms with Crippen LogP contribution in [0, 0.1) is 4.77 Å². The number of hydrogen-bond donors (Lipinski definition) is 2. The van der Waals surface area contributed by atoms with Crippen LogP contribution in [0.15, 0.2) is 41.8 Å². The second kappa shape index (κ2) is 6.12. The van der Waals surface area contributed by atoms with E-state index in [-0.39, 0.29) is 5.91 Å². The second-order valence-corrected chi connectivity index (χ2v) is 5.63. The van der Waals surface area contributed by atoms with Crippen molar-refractivity contribution in [3.8, 4) is 11.4 Å². The van der Waals surface area contributed by atoms with Crippen molar-refractivity contribution in [2.75, 3.05) is 12.4 Å². The number of amides is 1. The highest BCUT2D eigenvalue weighted by atomic mass is 32.1. The number of ether oxygens (including phenoxy) is 1. The van der Waals surface area contributed by atoms with Crippen molar-refractivity contribution in [3.63, 3.8) is 0 Å². The molecule has 112 valence electrons. The number of aromatic amines is 1. The normalized spacial score (nSPS) is 10.4. The van der Waals surface area contributed by atoms with E-state index in [0.717, 1.165) is 0 Å². The standard InChI is InChI=1S/C14H12N4O2S2/c1-20-10-6-3-2-5-9(10)18-13(16-17-14(18)21)15-12(19)11-7-4-8-22-11/h2-8H,1H3,(H,17,21)(H,15,16,19). The van der Waals surface area contributed by atoms with E-state index >= 15 is 0 Å². The number of thiophene rings is 1. The Labute approximate surface area is 135 Å². The third kappa shape index (κ3) is 2.66. The van der Waals surface area contributed by atoms with Crippen molar-refractivity contribution in [2.45, 2.75) is 0 Å². The molecule has 0 saturated carbocycles. The zero-order chi connectivity index (χ0) is 15.5. The van der Waals surface area contributed by atoms with Gasteiger partial charge in [-0.3, -0.25) is 14.7 Å². The summed E-state index contributed by atoms with van der Waals surface area (Å²) < 4.78 is 7.33. The van der Waals surface area contributed by atoms with Crippen LogP contribution in [0.25, 0.3) is 5.69 Å². The minimum absolute atomic E-state index is 0.236. The highest BCUT2D eigenvalue weighted by molar-refractivity contribution is 7.71. The van der Waals surface area contributed by atoms with Gasteiger partial charge in [-0.05, 0) is 35.8 Å². The van der Waals surface area contributed by atoms with E-state index in [2.05, 4.69) is 15.5 Å². The molecule has 0 aliphatic heterocycles. The van der Waals surface area contributed by atoms with Crippen molar-refractivity contribution < 1.29 is 9.53 Å². The van der Waals surface area contributed by atoms with Crippen LogP contribution in [0.5, 0.6) is 5.75 Å². The van der Waals surface area contributed by atoms with Gasteiger partial charge >= 0.3 is 0 Å². The SMILES string of the molecule is COc1ccccc1-n1c(NC(=O)c2cccs2)n[nH]c1=S. The summed E-state index contributed by atoms with van der Waals surface area (Å²) in [5.74, 6) is 0.708. The molecule has 0 aliphatic carbocycles. The molecule has 0 unspecified atom stereocenters. The van der Waals surface area contributed by atoms with Gasteiger partial charge in [0.15, 0.2) is 0 Å². The summed E-state index contributed by atoms with van der Waals surface area (Å²) >= 11 is 6.61. The average molecular weight is 332 g/mol. The molecule has 2 aromatic heterocycles. The van der Waals surface area contributed by atoms with E-state index in [9.17, 15) is 4.79 Å². The Hall–Kier alpha value is -2.45. The van der Waals surface area contributed by atoms with Crippen LogP contribution in [-0.2, 0) is 0 Å². The maximum absolute atomic E-state index is 12.2. The number of methoxy groups -OCH3 is 1. The van der Waals surface area contributed by atoms with Gasteiger partial charge in [0.25, 0.3) is 5.91 Å². The summed E-state index contributed by atoms with van der Waals surface area (Å²) in [6.07, 6.45) is 0. The molecule has 1 amide bonds. The molecule has 1 aromatic carbocycles. The topological polar surface area (TPSA) is 71.9 Å². The largest absolute Gasteiger partial charge is 0.495 e. The van der Waals surface area contributed by atoms with E-state index in [1.54, 1.807) is 17.7 Å². The highest BCUT2D eigenvalue weighted by Gasteiger charge is 2.15. The number of carbonyl (C=O) groups excluding carboxylic acids is 1. The average Bonchev–Trinajstić information content (AvgIpc) is 3.18. The molecule has 3 aromatic rings. The highest BCUT2D eigenvalue weighted by Crippen LogP contribution is 2.25. The lowest BCUT2D eigenvalue weighted by Crippen LogP contribution is -2.14.